The number of nitrogens with one attached hydrogen (secondary N) is 2. The van der Waals surface area contributed by atoms with Crippen molar-refractivity contribution in [3.8, 4) is 0 Å². The normalized spacial score (nSPS) is 9.85. The molecule has 0 fully saturated rings. The summed E-state index contributed by atoms with van der Waals surface area (Å²) >= 11 is 5.80. The standard InChI is InChI=1S/C14H11ClN2O3/c15-10-4-2-6-12(8-10)17-14(20)16-11-5-1-3-9(7-11)13(18)19/h1-8H,(H,18,19)(H2,16,17,20)/p-1. The van der Waals surface area contributed by atoms with Crippen LogP contribution in [0.5, 0.6) is 0 Å². The maximum absolute atomic E-state index is 11.7. The van der Waals surface area contributed by atoms with Crippen LogP contribution in [0, 0.1) is 0 Å². The Kier molecular flexibility index (Phi) is 4.22. The zero-order valence-corrected chi connectivity index (χ0v) is 11.0. The third-order valence-corrected chi connectivity index (χ3v) is 2.67. The van der Waals surface area contributed by atoms with Gasteiger partial charge < -0.3 is 20.5 Å². The number of hydrogen-bond donors (Lipinski definition) is 2. The molecule has 0 aliphatic heterocycles. The van der Waals surface area contributed by atoms with E-state index in [0.717, 1.165) is 0 Å². The minimum Gasteiger partial charge on any atom is -0.545 e. The highest BCUT2D eigenvalue weighted by atomic mass is 35.5. The first-order chi connectivity index (χ1) is 9.54. The molecule has 2 aromatic rings. The lowest BCUT2D eigenvalue weighted by Crippen LogP contribution is -2.23. The Morgan fingerprint density at radius 2 is 1.55 bits per heavy atom. The molecule has 0 atom stereocenters. The van der Waals surface area contributed by atoms with Crippen LogP contribution >= 0.6 is 11.6 Å². The molecule has 2 amide bonds. The van der Waals surface area contributed by atoms with Crippen LogP contribution in [0.15, 0.2) is 48.5 Å². The van der Waals surface area contributed by atoms with E-state index in [-0.39, 0.29) is 5.56 Å². The Balaban J connectivity index is 2.04. The summed E-state index contributed by atoms with van der Waals surface area (Å²) in [6.07, 6.45) is 0. The molecule has 2 rings (SSSR count). The van der Waals surface area contributed by atoms with E-state index >= 15 is 0 Å². The number of carboxylic acids is 1. The fourth-order valence-electron chi connectivity index (χ4n) is 1.58. The first kappa shape index (κ1) is 13.9. The highest BCUT2D eigenvalue weighted by Gasteiger charge is 2.04. The Morgan fingerprint density at radius 3 is 2.15 bits per heavy atom. The molecule has 0 aliphatic rings. The van der Waals surface area contributed by atoms with Gasteiger partial charge in [0.2, 0.25) is 0 Å². The minimum absolute atomic E-state index is 0.00874. The van der Waals surface area contributed by atoms with E-state index < -0.39 is 12.0 Å². The minimum atomic E-state index is -1.30. The largest absolute Gasteiger partial charge is 0.545 e. The van der Waals surface area contributed by atoms with E-state index in [1.807, 2.05) is 0 Å². The summed E-state index contributed by atoms with van der Waals surface area (Å²) in [6, 6.07) is 12.0. The number of carboxylic acid groups (broad SMARTS) is 1. The van der Waals surface area contributed by atoms with Crippen LogP contribution in [0.3, 0.4) is 0 Å². The Labute approximate surface area is 120 Å². The van der Waals surface area contributed by atoms with Crippen molar-refractivity contribution in [2.75, 3.05) is 10.6 Å². The summed E-state index contributed by atoms with van der Waals surface area (Å²) in [4.78, 5) is 22.5. The molecule has 2 aromatic carbocycles. The lowest BCUT2D eigenvalue weighted by Gasteiger charge is -2.09. The van der Waals surface area contributed by atoms with Gasteiger partial charge >= 0.3 is 6.03 Å². The molecule has 0 heterocycles. The Hall–Kier alpha value is -2.53. The molecule has 0 bridgehead atoms. The number of carbonyl (C=O) groups excluding carboxylic acids is 2. The fourth-order valence-corrected chi connectivity index (χ4v) is 1.77. The number of halogens is 1. The van der Waals surface area contributed by atoms with Gasteiger partial charge in [-0.25, -0.2) is 4.79 Å². The van der Waals surface area contributed by atoms with Crippen LogP contribution < -0.4 is 15.7 Å². The topological polar surface area (TPSA) is 81.3 Å². The van der Waals surface area contributed by atoms with Crippen molar-refractivity contribution in [3.05, 3.63) is 59.1 Å². The van der Waals surface area contributed by atoms with Crippen LogP contribution in [0.25, 0.3) is 0 Å². The van der Waals surface area contributed by atoms with E-state index in [9.17, 15) is 14.7 Å². The van der Waals surface area contributed by atoms with E-state index in [4.69, 9.17) is 11.6 Å². The van der Waals surface area contributed by atoms with Crippen molar-refractivity contribution in [1.82, 2.24) is 0 Å². The second-order valence-electron chi connectivity index (χ2n) is 3.96. The first-order valence-corrected chi connectivity index (χ1v) is 6.07. The molecule has 102 valence electrons. The number of anilines is 2. The number of amides is 2. The molecule has 0 aromatic heterocycles. The highest BCUT2D eigenvalue weighted by molar-refractivity contribution is 6.30. The average molecular weight is 290 g/mol. The average Bonchev–Trinajstić information content (AvgIpc) is 2.38. The monoisotopic (exact) mass is 289 g/mol. The Morgan fingerprint density at radius 1 is 0.950 bits per heavy atom. The van der Waals surface area contributed by atoms with Gasteiger partial charge in [0, 0.05) is 16.4 Å². The summed E-state index contributed by atoms with van der Waals surface area (Å²) in [5.74, 6) is -1.30. The van der Waals surface area contributed by atoms with E-state index in [1.54, 1.807) is 30.3 Å². The van der Waals surface area contributed by atoms with Gasteiger partial charge in [-0.3, -0.25) is 0 Å². The maximum Gasteiger partial charge on any atom is 0.323 e. The molecule has 20 heavy (non-hydrogen) atoms. The van der Waals surface area contributed by atoms with Gasteiger partial charge in [0.1, 0.15) is 0 Å². The molecule has 6 heteroatoms. The zero-order chi connectivity index (χ0) is 14.5. The van der Waals surface area contributed by atoms with Gasteiger partial charge in [-0.15, -0.1) is 0 Å². The van der Waals surface area contributed by atoms with E-state index in [1.165, 1.54) is 18.2 Å². The van der Waals surface area contributed by atoms with Crippen LogP contribution in [0.1, 0.15) is 10.4 Å². The van der Waals surface area contributed by atoms with Gasteiger partial charge in [0.05, 0.1) is 5.97 Å². The molecular weight excluding hydrogens is 280 g/mol. The molecular formula is C14H10ClN2O3-. The summed E-state index contributed by atoms with van der Waals surface area (Å²) < 4.78 is 0. The number of hydrogen-bond acceptors (Lipinski definition) is 3. The van der Waals surface area contributed by atoms with Crippen LogP contribution in [0.2, 0.25) is 5.02 Å². The van der Waals surface area contributed by atoms with Gasteiger partial charge in [-0.2, -0.15) is 0 Å². The van der Waals surface area contributed by atoms with Crippen molar-refractivity contribution in [2.45, 2.75) is 0 Å². The molecule has 2 N–H and O–H groups in total. The predicted octanol–water partition coefficient (Wildman–Crippen LogP) is 2.35. The van der Waals surface area contributed by atoms with Crippen molar-refractivity contribution in [1.29, 1.82) is 0 Å². The molecule has 0 saturated heterocycles. The number of rotatable bonds is 3. The van der Waals surface area contributed by atoms with Crippen LogP contribution in [-0.2, 0) is 0 Å². The lowest BCUT2D eigenvalue weighted by molar-refractivity contribution is -0.255. The van der Waals surface area contributed by atoms with Gasteiger partial charge in [-0.1, -0.05) is 29.8 Å². The second-order valence-corrected chi connectivity index (χ2v) is 4.39. The highest BCUT2D eigenvalue weighted by Crippen LogP contribution is 2.16. The molecule has 0 unspecified atom stereocenters. The zero-order valence-electron chi connectivity index (χ0n) is 10.2. The van der Waals surface area contributed by atoms with Gasteiger partial charge in [0.15, 0.2) is 0 Å². The van der Waals surface area contributed by atoms with E-state index in [2.05, 4.69) is 10.6 Å². The quantitative estimate of drug-likeness (QED) is 0.910. The fraction of sp³-hybridized carbons (Fsp3) is 0. The summed E-state index contributed by atoms with van der Waals surface area (Å²) in [6.45, 7) is 0. The number of carbonyl (C=O) groups is 2. The van der Waals surface area contributed by atoms with Crippen molar-refractivity contribution in [3.63, 3.8) is 0 Å². The molecule has 0 radical (unpaired) electrons. The van der Waals surface area contributed by atoms with Crippen molar-refractivity contribution >= 4 is 35.0 Å². The number of urea groups is 1. The summed E-state index contributed by atoms with van der Waals surface area (Å²) in [5.41, 5.74) is 0.878. The van der Waals surface area contributed by atoms with Crippen LogP contribution in [-0.4, -0.2) is 12.0 Å². The number of benzene rings is 2. The lowest BCUT2D eigenvalue weighted by atomic mass is 10.2. The summed E-state index contributed by atoms with van der Waals surface area (Å²) in [5, 5.41) is 16.3. The van der Waals surface area contributed by atoms with Gasteiger partial charge in [0.25, 0.3) is 0 Å². The third kappa shape index (κ3) is 3.73. The molecule has 5 nitrogen and oxygen atoms in total. The van der Waals surface area contributed by atoms with E-state index in [0.29, 0.717) is 16.4 Å². The van der Waals surface area contributed by atoms with Crippen molar-refractivity contribution < 1.29 is 14.7 Å². The van der Waals surface area contributed by atoms with Crippen LogP contribution in [0.4, 0.5) is 16.2 Å². The second kappa shape index (κ2) is 6.08. The summed E-state index contributed by atoms with van der Waals surface area (Å²) in [7, 11) is 0. The maximum atomic E-state index is 11.7. The molecule has 0 aliphatic carbocycles. The molecule has 0 spiro atoms. The third-order valence-electron chi connectivity index (χ3n) is 2.44. The SMILES string of the molecule is O=C(Nc1cccc(Cl)c1)Nc1cccc(C(=O)[O-])c1. The number of aromatic carboxylic acids is 1. The first-order valence-electron chi connectivity index (χ1n) is 5.69. The predicted molar refractivity (Wildman–Crippen MR) is 74.9 cm³/mol. The Bertz CT molecular complexity index is 658. The smallest absolute Gasteiger partial charge is 0.323 e. The van der Waals surface area contributed by atoms with Gasteiger partial charge in [-0.05, 0) is 35.9 Å². The van der Waals surface area contributed by atoms with Crippen molar-refractivity contribution in [2.24, 2.45) is 0 Å². The molecule has 0 saturated carbocycles.